The van der Waals surface area contributed by atoms with Crippen molar-refractivity contribution in [2.45, 2.75) is 68.6 Å². The first-order valence-corrected chi connectivity index (χ1v) is 14.3. The Kier molecular flexibility index (Phi) is 7.22. The molecule has 3 aromatic carbocycles. The maximum atomic E-state index is 13.3. The van der Waals surface area contributed by atoms with Gasteiger partial charge in [-0.15, -0.1) is 0 Å². The van der Waals surface area contributed by atoms with Crippen LogP contribution < -0.4 is 10.6 Å². The highest BCUT2D eigenvalue weighted by Gasteiger charge is 2.43. The van der Waals surface area contributed by atoms with Gasteiger partial charge in [0.25, 0.3) is 0 Å². The molecule has 0 spiro atoms. The fourth-order valence-corrected chi connectivity index (χ4v) is 7.28. The van der Waals surface area contributed by atoms with Crippen molar-refractivity contribution in [1.29, 1.82) is 0 Å². The highest BCUT2D eigenvalue weighted by atomic mass is 16.3. The SMILES string of the molecule is O=C(NC1CCC(CCN2C3CCC2c2ccccc23)CC1)NC(CO)(c1ccccc1)c1ccccc1. The predicted octanol–water partition coefficient (Wildman–Crippen LogP) is 6.06. The molecule has 3 aliphatic rings. The van der Waals surface area contributed by atoms with Gasteiger partial charge < -0.3 is 15.7 Å². The van der Waals surface area contributed by atoms with E-state index in [1.165, 1.54) is 25.8 Å². The van der Waals surface area contributed by atoms with Crippen LogP contribution in [-0.4, -0.2) is 35.2 Å². The molecule has 0 aromatic heterocycles. The highest BCUT2D eigenvalue weighted by Crippen LogP contribution is 2.53. The number of benzene rings is 3. The number of amides is 2. The van der Waals surface area contributed by atoms with Gasteiger partial charge in [-0.05, 0) is 79.7 Å². The highest BCUT2D eigenvalue weighted by molar-refractivity contribution is 5.76. The van der Waals surface area contributed by atoms with Gasteiger partial charge in [0.15, 0.2) is 0 Å². The summed E-state index contributed by atoms with van der Waals surface area (Å²) in [6.45, 7) is 0.962. The van der Waals surface area contributed by atoms with E-state index in [0.717, 1.165) is 42.7 Å². The summed E-state index contributed by atoms with van der Waals surface area (Å²) in [4.78, 5) is 16.0. The number of aliphatic hydroxyl groups is 1. The van der Waals surface area contributed by atoms with Crippen LogP contribution >= 0.6 is 0 Å². The van der Waals surface area contributed by atoms with Gasteiger partial charge in [-0.3, -0.25) is 4.90 Å². The minimum Gasteiger partial charge on any atom is -0.393 e. The molecule has 1 saturated heterocycles. The van der Waals surface area contributed by atoms with Gasteiger partial charge in [0.05, 0.1) is 6.61 Å². The van der Waals surface area contributed by atoms with E-state index in [0.29, 0.717) is 12.1 Å². The van der Waals surface area contributed by atoms with Crippen molar-refractivity contribution >= 4 is 6.03 Å². The first-order valence-electron chi connectivity index (χ1n) is 14.3. The zero-order valence-corrected chi connectivity index (χ0v) is 22.1. The number of fused-ring (bicyclic) bond motifs is 5. The number of rotatable bonds is 8. The Bertz CT molecular complexity index is 1150. The van der Waals surface area contributed by atoms with Crippen LogP contribution in [0.2, 0.25) is 0 Å². The fraction of sp³-hybridized carbons (Fsp3) is 0.424. The maximum Gasteiger partial charge on any atom is 0.316 e. The summed E-state index contributed by atoms with van der Waals surface area (Å²) in [5, 5.41) is 17.0. The quantitative estimate of drug-likeness (QED) is 0.346. The molecule has 6 rings (SSSR count). The fourth-order valence-electron chi connectivity index (χ4n) is 7.28. The lowest BCUT2D eigenvalue weighted by molar-refractivity contribution is 0.173. The van der Waals surface area contributed by atoms with Crippen molar-refractivity contribution in [3.63, 3.8) is 0 Å². The lowest BCUT2D eigenvalue weighted by atomic mass is 9.83. The number of nitrogens with one attached hydrogen (secondary N) is 2. The number of nitrogens with zero attached hydrogens (tertiary/aromatic N) is 1. The minimum absolute atomic E-state index is 0.168. The van der Waals surface area contributed by atoms with Gasteiger partial charge in [-0.1, -0.05) is 84.9 Å². The lowest BCUT2D eigenvalue weighted by Crippen LogP contribution is -2.55. The molecule has 2 heterocycles. The molecule has 2 aliphatic heterocycles. The van der Waals surface area contributed by atoms with Gasteiger partial charge in [0.2, 0.25) is 0 Å². The zero-order chi connectivity index (χ0) is 26.0. The average molecular weight is 510 g/mol. The molecule has 0 radical (unpaired) electrons. The number of carbonyl (C=O) groups excluding carboxylic acids is 1. The van der Waals surface area contributed by atoms with E-state index in [9.17, 15) is 9.90 Å². The topological polar surface area (TPSA) is 64.6 Å². The molecule has 1 saturated carbocycles. The summed E-state index contributed by atoms with van der Waals surface area (Å²) < 4.78 is 0. The first-order chi connectivity index (χ1) is 18.7. The summed E-state index contributed by atoms with van der Waals surface area (Å²) in [5.41, 5.74) is 3.87. The van der Waals surface area contributed by atoms with Crippen LogP contribution in [0.5, 0.6) is 0 Å². The van der Waals surface area contributed by atoms with E-state index >= 15 is 0 Å². The number of aliphatic hydroxyl groups excluding tert-OH is 1. The van der Waals surface area contributed by atoms with Crippen molar-refractivity contribution in [3.05, 3.63) is 107 Å². The molecule has 5 heteroatoms. The Morgan fingerprint density at radius 3 is 1.82 bits per heavy atom. The minimum atomic E-state index is -0.990. The van der Waals surface area contributed by atoms with Gasteiger partial charge >= 0.3 is 6.03 Å². The van der Waals surface area contributed by atoms with E-state index in [1.807, 2.05) is 60.7 Å². The lowest BCUT2D eigenvalue weighted by Gasteiger charge is -2.36. The van der Waals surface area contributed by atoms with E-state index < -0.39 is 5.54 Å². The molecule has 2 bridgehead atoms. The molecule has 5 nitrogen and oxygen atoms in total. The second kappa shape index (κ2) is 10.9. The summed E-state index contributed by atoms with van der Waals surface area (Å²) in [6.07, 6.45) is 8.17. The first kappa shape index (κ1) is 25.1. The molecule has 38 heavy (non-hydrogen) atoms. The Morgan fingerprint density at radius 1 is 0.763 bits per heavy atom. The van der Waals surface area contributed by atoms with Gasteiger partial charge in [0, 0.05) is 18.1 Å². The molecule has 2 amide bonds. The Labute approximate surface area is 226 Å². The van der Waals surface area contributed by atoms with Crippen molar-refractivity contribution in [3.8, 4) is 0 Å². The summed E-state index contributed by atoms with van der Waals surface area (Å²) >= 11 is 0. The molecule has 2 atom stereocenters. The van der Waals surface area contributed by atoms with E-state index in [1.54, 1.807) is 11.1 Å². The third-order valence-corrected chi connectivity index (χ3v) is 9.30. The Balaban J connectivity index is 1.03. The van der Waals surface area contributed by atoms with E-state index in [4.69, 9.17) is 0 Å². The molecular formula is C33H39N3O2. The van der Waals surface area contributed by atoms with Crippen LogP contribution in [0.25, 0.3) is 0 Å². The number of hydrogen-bond acceptors (Lipinski definition) is 3. The molecule has 3 aromatic rings. The van der Waals surface area contributed by atoms with E-state index in [-0.39, 0.29) is 18.7 Å². The Morgan fingerprint density at radius 2 is 1.29 bits per heavy atom. The third-order valence-electron chi connectivity index (χ3n) is 9.30. The Hall–Kier alpha value is -3.15. The largest absolute Gasteiger partial charge is 0.393 e. The van der Waals surface area contributed by atoms with Crippen LogP contribution in [0, 0.1) is 5.92 Å². The van der Waals surface area contributed by atoms with Crippen molar-refractivity contribution in [1.82, 2.24) is 15.5 Å². The van der Waals surface area contributed by atoms with Gasteiger partial charge in [-0.2, -0.15) is 0 Å². The summed E-state index contributed by atoms with van der Waals surface area (Å²) in [7, 11) is 0. The molecule has 1 aliphatic carbocycles. The average Bonchev–Trinajstić information content (AvgIpc) is 3.53. The van der Waals surface area contributed by atoms with Crippen LogP contribution in [0.4, 0.5) is 4.79 Å². The van der Waals surface area contributed by atoms with Gasteiger partial charge in [-0.25, -0.2) is 4.79 Å². The number of hydrogen-bond donors (Lipinski definition) is 3. The number of urea groups is 1. The molecule has 3 N–H and O–H groups in total. The smallest absolute Gasteiger partial charge is 0.316 e. The van der Waals surface area contributed by atoms with Crippen LogP contribution in [-0.2, 0) is 5.54 Å². The second-order valence-electron chi connectivity index (χ2n) is 11.4. The van der Waals surface area contributed by atoms with E-state index in [2.05, 4.69) is 39.8 Å². The van der Waals surface area contributed by atoms with Crippen LogP contribution in [0.1, 0.15) is 79.3 Å². The van der Waals surface area contributed by atoms with Gasteiger partial charge in [0.1, 0.15) is 5.54 Å². The van der Waals surface area contributed by atoms with Crippen LogP contribution in [0.3, 0.4) is 0 Å². The monoisotopic (exact) mass is 509 g/mol. The second-order valence-corrected chi connectivity index (χ2v) is 11.4. The molecule has 198 valence electrons. The van der Waals surface area contributed by atoms with Crippen molar-refractivity contribution in [2.75, 3.05) is 13.2 Å². The third kappa shape index (κ3) is 4.74. The molecule has 2 fully saturated rings. The summed E-state index contributed by atoms with van der Waals surface area (Å²) in [5.74, 6) is 0.726. The zero-order valence-electron chi connectivity index (χ0n) is 22.1. The molecule has 2 unspecified atom stereocenters. The van der Waals surface area contributed by atoms with Crippen molar-refractivity contribution in [2.24, 2.45) is 5.92 Å². The maximum absolute atomic E-state index is 13.3. The normalized spacial score (nSPS) is 24.7. The molecular weight excluding hydrogens is 470 g/mol. The standard InChI is InChI=1S/C33H39N3O2/c37-23-33(25-9-3-1-4-10-25,26-11-5-2-6-12-26)35-32(38)34-27-17-15-24(16-18-27)21-22-36-30-19-20-31(36)29-14-8-7-13-28(29)30/h1-14,24,27,30-31,37H,15-23H2,(H2,34,35,38). The predicted molar refractivity (Wildman–Crippen MR) is 151 cm³/mol. The summed E-state index contributed by atoms with van der Waals surface area (Å²) in [6, 6.07) is 29.7. The van der Waals surface area contributed by atoms with Crippen molar-refractivity contribution < 1.29 is 9.90 Å². The van der Waals surface area contributed by atoms with Crippen LogP contribution in [0.15, 0.2) is 84.9 Å². The number of carbonyl (C=O) groups is 1.